The Morgan fingerprint density at radius 2 is 1.68 bits per heavy atom. The molecule has 0 fully saturated rings. The number of benzene rings is 2. The Kier molecular flexibility index (Phi) is 4.92. The lowest BCUT2D eigenvalue weighted by Crippen LogP contribution is -2.13. The van der Waals surface area contributed by atoms with Gasteiger partial charge in [-0.1, -0.05) is 35.3 Å². The van der Waals surface area contributed by atoms with Gasteiger partial charge in [-0.15, -0.1) is 11.8 Å². The van der Waals surface area contributed by atoms with Gasteiger partial charge in [0.2, 0.25) is 0 Å². The average Bonchev–Trinajstić information content (AvgIpc) is 2.41. The molecule has 0 spiro atoms. The summed E-state index contributed by atoms with van der Waals surface area (Å²) in [4.78, 5) is 13.2. The molecule has 1 atom stereocenters. The molecule has 2 aromatic carbocycles. The van der Waals surface area contributed by atoms with E-state index in [-0.39, 0.29) is 11.0 Å². The Balaban J connectivity index is 2.12. The van der Waals surface area contributed by atoms with Crippen LogP contribution in [0.1, 0.15) is 17.3 Å². The minimum Gasteiger partial charge on any atom is -0.293 e. The summed E-state index contributed by atoms with van der Waals surface area (Å²) in [5, 5.41) is 1.10. The van der Waals surface area contributed by atoms with Gasteiger partial charge < -0.3 is 0 Å². The maximum Gasteiger partial charge on any atom is 0.175 e. The van der Waals surface area contributed by atoms with Crippen LogP contribution in [0.15, 0.2) is 53.4 Å². The minimum atomic E-state index is -0.193. The quantitative estimate of drug-likeness (QED) is 0.559. The molecule has 0 aliphatic heterocycles. The molecule has 2 rings (SSSR count). The van der Waals surface area contributed by atoms with Gasteiger partial charge in [0.25, 0.3) is 0 Å². The van der Waals surface area contributed by atoms with Gasteiger partial charge in [0.15, 0.2) is 5.78 Å². The largest absolute Gasteiger partial charge is 0.293 e. The third kappa shape index (κ3) is 3.75. The van der Waals surface area contributed by atoms with E-state index in [1.54, 1.807) is 24.3 Å². The number of Topliss-reactive ketones (excluding diaryl/α,β-unsaturated/α-hetero) is 1. The Labute approximate surface area is 126 Å². The lowest BCUT2D eigenvalue weighted by atomic mass is 10.1. The fraction of sp³-hybridized carbons (Fsp3) is 0.133. The van der Waals surface area contributed by atoms with Crippen molar-refractivity contribution in [2.24, 2.45) is 0 Å². The zero-order chi connectivity index (χ0) is 13.8. The summed E-state index contributed by atoms with van der Waals surface area (Å²) >= 11 is 13.4. The van der Waals surface area contributed by atoms with Crippen LogP contribution < -0.4 is 0 Å². The Hall–Kier alpha value is -0.960. The second-order valence-electron chi connectivity index (χ2n) is 4.06. The van der Waals surface area contributed by atoms with E-state index in [2.05, 4.69) is 0 Å². The molecule has 2 aromatic rings. The van der Waals surface area contributed by atoms with Crippen molar-refractivity contribution >= 4 is 40.7 Å². The topological polar surface area (TPSA) is 17.1 Å². The second-order valence-corrected chi connectivity index (χ2v) is 6.29. The number of thioether (sulfide) groups is 1. The zero-order valence-electron chi connectivity index (χ0n) is 10.3. The first-order valence-electron chi connectivity index (χ1n) is 5.79. The third-order valence-corrected chi connectivity index (χ3v) is 4.51. The van der Waals surface area contributed by atoms with Crippen LogP contribution >= 0.6 is 35.0 Å². The highest BCUT2D eigenvalue weighted by Crippen LogP contribution is 2.31. The summed E-state index contributed by atoms with van der Waals surface area (Å²) in [5.41, 5.74) is 0.663. The van der Waals surface area contributed by atoms with E-state index in [1.807, 2.05) is 31.2 Å². The van der Waals surface area contributed by atoms with Crippen LogP contribution in [0.25, 0.3) is 0 Å². The fourth-order valence-corrected chi connectivity index (χ4v) is 2.99. The molecular weight excluding hydrogens is 299 g/mol. The highest BCUT2D eigenvalue weighted by atomic mass is 35.5. The van der Waals surface area contributed by atoms with Crippen LogP contribution in [0, 0.1) is 0 Å². The van der Waals surface area contributed by atoms with E-state index >= 15 is 0 Å². The first-order valence-corrected chi connectivity index (χ1v) is 7.42. The summed E-state index contributed by atoms with van der Waals surface area (Å²) in [5.74, 6) is 0.0709. The summed E-state index contributed by atoms with van der Waals surface area (Å²) in [7, 11) is 0. The molecule has 0 aliphatic carbocycles. The van der Waals surface area contributed by atoms with Crippen molar-refractivity contribution in [1.29, 1.82) is 0 Å². The number of carbonyl (C=O) groups excluding carboxylic acids is 1. The molecule has 0 radical (unpaired) electrons. The molecule has 0 unspecified atom stereocenters. The molecular formula is C15H12Cl2OS. The van der Waals surface area contributed by atoms with Crippen LogP contribution in [0.3, 0.4) is 0 Å². The number of hydrogen-bond donors (Lipinski definition) is 0. The summed E-state index contributed by atoms with van der Waals surface area (Å²) in [6.45, 7) is 1.88. The lowest BCUT2D eigenvalue weighted by molar-refractivity contribution is 0.0994. The van der Waals surface area contributed by atoms with Crippen molar-refractivity contribution in [2.45, 2.75) is 17.1 Å². The van der Waals surface area contributed by atoms with E-state index in [0.29, 0.717) is 15.6 Å². The molecule has 0 saturated heterocycles. The van der Waals surface area contributed by atoms with Gasteiger partial charge in [-0.05, 0) is 43.3 Å². The van der Waals surface area contributed by atoms with Crippen LogP contribution in [0.5, 0.6) is 0 Å². The normalized spacial score (nSPS) is 12.2. The maximum atomic E-state index is 12.3. The standard InChI is InChI=1S/C15H12Cl2OS/c1-10(19-14-5-3-2-4-13(14)17)15(18)11-6-8-12(16)9-7-11/h2-10H,1H3/t10-/m1/s1. The van der Waals surface area contributed by atoms with Crippen molar-refractivity contribution in [2.75, 3.05) is 0 Å². The second kappa shape index (κ2) is 6.47. The summed E-state index contributed by atoms with van der Waals surface area (Å²) in [6, 6.07) is 14.5. The van der Waals surface area contributed by atoms with Gasteiger partial charge in [-0.25, -0.2) is 0 Å². The van der Waals surface area contributed by atoms with E-state index in [9.17, 15) is 4.79 Å². The Morgan fingerprint density at radius 3 is 2.32 bits per heavy atom. The van der Waals surface area contributed by atoms with Crippen LogP contribution in [-0.4, -0.2) is 11.0 Å². The number of halogens is 2. The third-order valence-electron chi connectivity index (χ3n) is 2.64. The summed E-state index contributed by atoms with van der Waals surface area (Å²) in [6.07, 6.45) is 0. The average molecular weight is 311 g/mol. The monoisotopic (exact) mass is 310 g/mol. The van der Waals surface area contributed by atoms with Crippen LogP contribution in [0.2, 0.25) is 10.0 Å². The maximum absolute atomic E-state index is 12.3. The molecule has 19 heavy (non-hydrogen) atoms. The summed E-state index contributed by atoms with van der Waals surface area (Å²) < 4.78 is 0. The van der Waals surface area contributed by atoms with Gasteiger partial charge in [-0.2, -0.15) is 0 Å². The predicted molar refractivity (Wildman–Crippen MR) is 82.6 cm³/mol. The van der Waals surface area contributed by atoms with E-state index in [4.69, 9.17) is 23.2 Å². The lowest BCUT2D eigenvalue weighted by Gasteiger charge is -2.11. The van der Waals surface area contributed by atoms with Crippen LogP contribution in [-0.2, 0) is 0 Å². The number of hydrogen-bond acceptors (Lipinski definition) is 2. The SMILES string of the molecule is C[C@@H](Sc1ccccc1Cl)C(=O)c1ccc(Cl)cc1. The van der Waals surface area contributed by atoms with Crippen molar-refractivity contribution in [3.63, 3.8) is 0 Å². The van der Waals surface area contributed by atoms with Crippen LogP contribution in [0.4, 0.5) is 0 Å². The first kappa shape index (κ1) is 14.4. The van der Waals surface area contributed by atoms with Gasteiger partial charge >= 0.3 is 0 Å². The number of ketones is 1. The Bertz CT molecular complexity index is 581. The van der Waals surface area contributed by atoms with Gasteiger partial charge in [0.1, 0.15) is 0 Å². The molecule has 0 N–H and O–H groups in total. The first-order chi connectivity index (χ1) is 9.08. The molecule has 0 aromatic heterocycles. The van der Waals surface area contributed by atoms with E-state index in [0.717, 1.165) is 4.90 Å². The predicted octanol–water partition coefficient (Wildman–Crippen LogP) is 5.36. The minimum absolute atomic E-state index is 0.0709. The molecule has 0 heterocycles. The van der Waals surface area contributed by atoms with E-state index < -0.39 is 0 Å². The van der Waals surface area contributed by atoms with Crippen molar-refractivity contribution in [3.05, 3.63) is 64.1 Å². The van der Waals surface area contributed by atoms with Crippen molar-refractivity contribution in [1.82, 2.24) is 0 Å². The van der Waals surface area contributed by atoms with Crippen molar-refractivity contribution < 1.29 is 4.79 Å². The molecule has 98 valence electrons. The molecule has 0 bridgehead atoms. The van der Waals surface area contributed by atoms with Gasteiger partial charge in [0, 0.05) is 15.5 Å². The molecule has 0 amide bonds. The Morgan fingerprint density at radius 1 is 1.05 bits per heavy atom. The molecule has 4 heteroatoms. The highest BCUT2D eigenvalue weighted by molar-refractivity contribution is 8.00. The van der Waals surface area contributed by atoms with Crippen molar-refractivity contribution in [3.8, 4) is 0 Å². The highest BCUT2D eigenvalue weighted by Gasteiger charge is 2.17. The van der Waals surface area contributed by atoms with Gasteiger partial charge in [0.05, 0.1) is 10.3 Å². The smallest absolute Gasteiger partial charge is 0.175 e. The fourth-order valence-electron chi connectivity index (χ4n) is 1.63. The number of rotatable bonds is 4. The zero-order valence-corrected chi connectivity index (χ0v) is 12.6. The molecule has 0 saturated carbocycles. The van der Waals surface area contributed by atoms with E-state index in [1.165, 1.54) is 11.8 Å². The molecule has 1 nitrogen and oxygen atoms in total. The number of carbonyl (C=O) groups is 1. The van der Waals surface area contributed by atoms with Gasteiger partial charge in [-0.3, -0.25) is 4.79 Å². The molecule has 0 aliphatic rings.